The molecule has 0 amide bonds. The van der Waals surface area contributed by atoms with E-state index in [4.69, 9.17) is 4.74 Å². The van der Waals surface area contributed by atoms with Crippen LogP contribution in [0.1, 0.15) is 16.1 Å². The summed E-state index contributed by atoms with van der Waals surface area (Å²) < 4.78 is 5.85. The average molecular weight is 466 g/mol. The third-order valence-electron chi connectivity index (χ3n) is 2.45. The van der Waals surface area contributed by atoms with Crippen LogP contribution in [-0.2, 0) is 11.3 Å². The fraction of sp³-hybridized carbons (Fsp3) is 0.154. The van der Waals surface area contributed by atoms with Crippen molar-refractivity contribution in [2.75, 3.05) is 0 Å². The standard InChI is InChI=1S/C13H10Br3N2O2/c14-13(15,16)20-12(19)11-8-17-6-7-18(11)9-10-4-2-1-3-5-10/h1-8H,9H2/q+1. The molecule has 20 heavy (non-hydrogen) atoms. The van der Waals surface area contributed by atoms with Crippen molar-refractivity contribution < 1.29 is 14.1 Å². The summed E-state index contributed by atoms with van der Waals surface area (Å²) in [5, 5.41) is 0. The lowest BCUT2D eigenvalue weighted by atomic mass is 10.2. The van der Waals surface area contributed by atoms with Gasteiger partial charge in [-0.3, -0.25) is 4.98 Å². The number of aromatic nitrogens is 2. The Balaban J connectivity index is 2.25. The van der Waals surface area contributed by atoms with Crippen molar-refractivity contribution in [2.45, 2.75) is 8.87 Å². The summed E-state index contributed by atoms with van der Waals surface area (Å²) in [5.41, 5.74) is 1.44. The maximum Gasteiger partial charge on any atom is 0.408 e. The molecule has 0 spiro atoms. The Labute approximate surface area is 141 Å². The minimum absolute atomic E-state index is 0.360. The van der Waals surface area contributed by atoms with Crippen molar-refractivity contribution in [3.8, 4) is 0 Å². The van der Waals surface area contributed by atoms with Crippen molar-refractivity contribution in [1.82, 2.24) is 4.98 Å². The molecular weight excluding hydrogens is 456 g/mol. The van der Waals surface area contributed by atoms with E-state index in [1.54, 1.807) is 17.0 Å². The van der Waals surface area contributed by atoms with Crippen LogP contribution in [-0.4, -0.2) is 13.3 Å². The minimum Gasteiger partial charge on any atom is -0.419 e. The van der Waals surface area contributed by atoms with Gasteiger partial charge in [0.1, 0.15) is 6.20 Å². The lowest BCUT2D eigenvalue weighted by molar-refractivity contribution is -0.691. The Hall–Kier alpha value is -0.790. The van der Waals surface area contributed by atoms with Gasteiger partial charge in [0.25, 0.3) is 2.33 Å². The predicted molar refractivity (Wildman–Crippen MR) is 84.9 cm³/mol. The van der Waals surface area contributed by atoms with Crippen molar-refractivity contribution in [2.24, 2.45) is 0 Å². The first-order valence-electron chi connectivity index (χ1n) is 5.63. The van der Waals surface area contributed by atoms with E-state index in [0.717, 1.165) is 5.56 Å². The van der Waals surface area contributed by atoms with E-state index in [2.05, 4.69) is 52.8 Å². The van der Waals surface area contributed by atoms with Gasteiger partial charge in [-0.05, 0) is 47.8 Å². The highest BCUT2D eigenvalue weighted by atomic mass is 80.0. The zero-order valence-corrected chi connectivity index (χ0v) is 14.9. The molecule has 0 saturated heterocycles. The van der Waals surface area contributed by atoms with Gasteiger partial charge < -0.3 is 4.74 Å². The third-order valence-corrected chi connectivity index (χ3v) is 2.94. The molecule has 2 rings (SSSR count). The Morgan fingerprint density at radius 3 is 2.60 bits per heavy atom. The first-order chi connectivity index (χ1) is 9.46. The maximum absolute atomic E-state index is 12.1. The molecule has 1 aromatic heterocycles. The van der Waals surface area contributed by atoms with E-state index in [0.29, 0.717) is 12.2 Å². The Morgan fingerprint density at radius 2 is 1.95 bits per heavy atom. The van der Waals surface area contributed by atoms with Crippen molar-refractivity contribution in [3.05, 3.63) is 60.2 Å². The molecule has 0 fully saturated rings. The van der Waals surface area contributed by atoms with E-state index in [9.17, 15) is 4.79 Å². The van der Waals surface area contributed by atoms with Gasteiger partial charge in [-0.25, -0.2) is 4.79 Å². The van der Waals surface area contributed by atoms with E-state index >= 15 is 0 Å². The summed E-state index contributed by atoms with van der Waals surface area (Å²) in [6, 6.07) is 9.84. The van der Waals surface area contributed by atoms with Crippen LogP contribution in [0.3, 0.4) is 0 Å². The van der Waals surface area contributed by atoms with E-state index in [1.165, 1.54) is 6.20 Å². The van der Waals surface area contributed by atoms with Gasteiger partial charge in [-0.2, -0.15) is 4.57 Å². The van der Waals surface area contributed by atoms with Gasteiger partial charge in [0, 0.05) is 5.56 Å². The Kier molecular flexibility index (Phi) is 5.29. The lowest BCUT2D eigenvalue weighted by Crippen LogP contribution is -2.42. The molecule has 0 atom stereocenters. The lowest BCUT2D eigenvalue weighted by Gasteiger charge is -2.12. The first kappa shape index (κ1) is 15.6. The quantitative estimate of drug-likeness (QED) is 0.396. The Bertz CT molecular complexity index is 600. The highest BCUT2D eigenvalue weighted by Gasteiger charge is 2.29. The SMILES string of the molecule is O=C(OC(Br)(Br)Br)c1cncc[n+]1Cc1ccccc1. The normalized spacial score (nSPS) is 11.2. The van der Waals surface area contributed by atoms with Crippen molar-refractivity contribution in [1.29, 1.82) is 0 Å². The second-order valence-corrected chi connectivity index (χ2v) is 10.5. The molecule has 0 aliphatic rings. The molecule has 104 valence electrons. The number of esters is 1. The van der Waals surface area contributed by atoms with E-state index < -0.39 is 8.30 Å². The maximum atomic E-state index is 12.1. The number of alkyl halides is 3. The number of carbonyl (C=O) groups excluding carboxylic acids is 1. The van der Waals surface area contributed by atoms with Gasteiger partial charge >= 0.3 is 11.7 Å². The number of nitrogens with zero attached hydrogens (tertiary/aromatic N) is 2. The summed E-state index contributed by atoms with van der Waals surface area (Å²) in [4.78, 5) is 16.1. The molecule has 0 N–H and O–H groups in total. The molecule has 2 aromatic rings. The Morgan fingerprint density at radius 1 is 1.25 bits per heavy atom. The van der Waals surface area contributed by atoms with Crippen LogP contribution in [0, 0.1) is 0 Å². The van der Waals surface area contributed by atoms with Gasteiger partial charge in [0.2, 0.25) is 0 Å². The first-order valence-corrected chi connectivity index (χ1v) is 8.01. The zero-order chi connectivity index (χ0) is 14.6. The van der Waals surface area contributed by atoms with Crippen molar-refractivity contribution >= 4 is 53.8 Å². The number of hydrogen-bond donors (Lipinski definition) is 0. The molecule has 1 aromatic carbocycles. The van der Waals surface area contributed by atoms with E-state index in [-0.39, 0.29) is 0 Å². The highest BCUT2D eigenvalue weighted by Crippen LogP contribution is 2.35. The third kappa shape index (κ3) is 4.64. The van der Waals surface area contributed by atoms with Crippen LogP contribution >= 0.6 is 47.8 Å². The van der Waals surface area contributed by atoms with E-state index in [1.807, 2.05) is 30.3 Å². The number of carbonyl (C=O) groups is 1. The molecule has 7 heteroatoms. The molecule has 0 bridgehead atoms. The highest BCUT2D eigenvalue weighted by molar-refractivity contribution is 9.39. The largest absolute Gasteiger partial charge is 0.419 e. The molecular formula is C13H10Br3N2O2+. The molecule has 0 unspecified atom stereocenters. The molecule has 0 aliphatic heterocycles. The molecule has 0 aliphatic carbocycles. The summed E-state index contributed by atoms with van der Waals surface area (Å²) in [6.45, 7) is 0.563. The van der Waals surface area contributed by atoms with Gasteiger partial charge in [0.15, 0.2) is 12.7 Å². The summed E-state index contributed by atoms with van der Waals surface area (Å²) in [6.07, 6.45) is 4.84. The molecule has 0 saturated carbocycles. The molecule has 4 nitrogen and oxygen atoms in total. The van der Waals surface area contributed by atoms with Crippen LogP contribution in [0.4, 0.5) is 0 Å². The summed E-state index contributed by atoms with van der Waals surface area (Å²) in [7, 11) is 0. The second-order valence-electron chi connectivity index (χ2n) is 3.91. The van der Waals surface area contributed by atoms with Crippen LogP contribution in [0.2, 0.25) is 0 Å². The number of halogens is 3. The zero-order valence-electron chi connectivity index (χ0n) is 10.2. The number of rotatable bonds is 3. The van der Waals surface area contributed by atoms with Crippen LogP contribution in [0.25, 0.3) is 0 Å². The predicted octanol–water partition coefficient (Wildman–Crippen LogP) is 3.37. The fourth-order valence-electron chi connectivity index (χ4n) is 1.63. The smallest absolute Gasteiger partial charge is 0.408 e. The summed E-state index contributed by atoms with van der Waals surface area (Å²) >= 11 is 9.39. The molecule has 1 heterocycles. The van der Waals surface area contributed by atoms with Gasteiger partial charge in [-0.15, -0.1) is 0 Å². The van der Waals surface area contributed by atoms with Crippen molar-refractivity contribution in [3.63, 3.8) is 0 Å². The minimum atomic E-state index is -1.08. The van der Waals surface area contributed by atoms with Crippen LogP contribution in [0.15, 0.2) is 48.9 Å². The second kappa shape index (κ2) is 6.78. The monoisotopic (exact) mass is 463 g/mol. The number of hydrogen-bond acceptors (Lipinski definition) is 3. The molecule has 0 radical (unpaired) electrons. The fourth-order valence-corrected chi connectivity index (χ4v) is 2.07. The van der Waals surface area contributed by atoms with Gasteiger partial charge in [-0.1, -0.05) is 30.3 Å². The topological polar surface area (TPSA) is 43.1 Å². The summed E-state index contributed by atoms with van der Waals surface area (Å²) in [5.74, 6) is -0.500. The van der Waals surface area contributed by atoms with Crippen LogP contribution < -0.4 is 4.57 Å². The van der Waals surface area contributed by atoms with Gasteiger partial charge in [0.05, 0.1) is 6.20 Å². The number of benzene rings is 1. The average Bonchev–Trinajstić information content (AvgIpc) is 2.38. The number of ether oxygens (including phenoxy) is 1. The van der Waals surface area contributed by atoms with Crippen LogP contribution in [0.5, 0.6) is 0 Å².